The van der Waals surface area contributed by atoms with Gasteiger partial charge in [0, 0.05) is 12.7 Å². The van der Waals surface area contributed by atoms with Gasteiger partial charge in [0.1, 0.15) is 18.2 Å². The molecular weight excluding hydrogens is 281 g/mol. The van der Waals surface area contributed by atoms with Crippen LogP contribution in [0.25, 0.3) is 0 Å². The van der Waals surface area contributed by atoms with Crippen molar-refractivity contribution in [2.75, 3.05) is 26.3 Å². The van der Waals surface area contributed by atoms with Crippen LogP contribution in [0.4, 0.5) is 22.0 Å². The Morgan fingerprint density at radius 3 is 2.25 bits per heavy atom. The van der Waals surface area contributed by atoms with Gasteiger partial charge >= 0.3 is 6.18 Å². The van der Waals surface area contributed by atoms with E-state index in [0.29, 0.717) is 31.5 Å². The highest BCUT2D eigenvalue weighted by Crippen LogP contribution is 2.14. The SMILES string of the molecule is Fc1cc(F)cc(CCNCCCOCC(F)(F)F)c1. The molecule has 0 fully saturated rings. The molecule has 1 N–H and O–H groups in total. The van der Waals surface area contributed by atoms with Crippen molar-refractivity contribution in [1.82, 2.24) is 5.32 Å². The topological polar surface area (TPSA) is 21.3 Å². The fourth-order valence-electron chi connectivity index (χ4n) is 1.60. The van der Waals surface area contributed by atoms with Crippen LogP contribution in [0.2, 0.25) is 0 Å². The molecule has 2 nitrogen and oxygen atoms in total. The Labute approximate surface area is 113 Å². The molecule has 0 aliphatic rings. The van der Waals surface area contributed by atoms with Crippen molar-refractivity contribution < 1.29 is 26.7 Å². The van der Waals surface area contributed by atoms with Gasteiger partial charge in [-0.05, 0) is 43.6 Å². The Bertz CT molecular complexity index is 388. The van der Waals surface area contributed by atoms with Crippen molar-refractivity contribution in [3.05, 3.63) is 35.4 Å². The van der Waals surface area contributed by atoms with Crippen molar-refractivity contribution in [3.63, 3.8) is 0 Å². The van der Waals surface area contributed by atoms with Crippen LogP contribution in [0.3, 0.4) is 0 Å². The number of halogens is 5. The van der Waals surface area contributed by atoms with Gasteiger partial charge in [0.25, 0.3) is 0 Å². The van der Waals surface area contributed by atoms with Crippen molar-refractivity contribution in [3.8, 4) is 0 Å². The van der Waals surface area contributed by atoms with Gasteiger partial charge in [-0.3, -0.25) is 0 Å². The lowest BCUT2D eigenvalue weighted by Crippen LogP contribution is -2.22. The standard InChI is InChI=1S/C13H16F5NO/c14-11-6-10(7-12(15)8-11)2-4-19-3-1-5-20-9-13(16,17)18/h6-8,19H,1-5,9H2. The van der Waals surface area contributed by atoms with E-state index in [1.807, 2.05) is 0 Å². The molecule has 0 spiro atoms. The van der Waals surface area contributed by atoms with Crippen LogP contribution in [0.1, 0.15) is 12.0 Å². The number of ether oxygens (including phenoxy) is 1. The Kier molecular flexibility index (Phi) is 6.87. The summed E-state index contributed by atoms with van der Waals surface area (Å²) < 4.78 is 65.4. The summed E-state index contributed by atoms with van der Waals surface area (Å²) in [4.78, 5) is 0. The maximum atomic E-state index is 12.9. The molecule has 0 radical (unpaired) electrons. The molecule has 1 aromatic carbocycles. The van der Waals surface area contributed by atoms with Crippen molar-refractivity contribution in [2.24, 2.45) is 0 Å². The second-order valence-corrected chi connectivity index (χ2v) is 4.30. The summed E-state index contributed by atoms with van der Waals surface area (Å²) in [5.74, 6) is -1.25. The summed E-state index contributed by atoms with van der Waals surface area (Å²) in [6, 6.07) is 3.29. The van der Waals surface area contributed by atoms with E-state index in [4.69, 9.17) is 0 Å². The minimum absolute atomic E-state index is 0.0150. The van der Waals surface area contributed by atoms with E-state index in [2.05, 4.69) is 10.1 Å². The molecule has 0 saturated carbocycles. The Hall–Kier alpha value is -1.21. The first kappa shape index (κ1) is 16.8. The van der Waals surface area contributed by atoms with Gasteiger partial charge in [0.2, 0.25) is 0 Å². The number of hydrogen-bond donors (Lipinski definition) is 1. The molecule has 0 aliphatic heterocycles. The highest BCUT2D eigenvalue weighted by molar-refractivity contribution is 5.18. The van der Waals surface area contributed by atoms with Crippen LogP contribution in [-0.2, 0) is 11.2 Å². The molecule has 20 heavy (non-hydrogen) atoms. The molecule has 0 aliphatic carbocycles. The fourth-order valence-corrected chi connectivity index (χ4v) is 1.60. The summed E-state index contributed by atoms with van der Waals surface area (Å²) in [7, 11) is 0. The Morgan fingerprint density at radius 1 is 1.00 bits per heavy atom. The molecule has 0 unspecified atom stereocenters. The molecule has 1 rings (SSSR count). The maximum absolute atomic E-state index is 12.9. The van der Waals surface area contributed by atoms with Crippen LogP contribution in [0, 0.1) is 11.6 Å². The third-order valence-electron chi connectivity index (χ3n) is 2.42. The lowest BCUT2D eigenvalue weighted by molar-refractivity contribution is -0.173. The van der Waals surface area contributed by atoms with E-state index in [-0.39, 0.29) is 6.61 Å². The first-order valence-corrected chi connectivity index (χ1v) is 6.17. The predicted molar refractivity (Wildman–Crippen MR) is 64.4 cm³/mol. The second-order valence-electron chi connectivity index (χ2n) is 4.30. The van der Waals surface area contributed by atoms with Crippen LogP contribution < -0.4 is 5.32 Å². The second kappa shape index (κ2) is 8.16. The van der Waals surface area contributed by atoms with Gasteiger partial charge in [0.15, 0.2) is 0 Å². The summed E-state index contributed by atoms with van der Waals surface area (Å²) in [6.07, 6.45) is -3.42. The quantitative estimate of drug-likeness (QED) is 0.588. The Morgan fingerprint density at radius 2 is 1.65 bits per heavy atom. The summed E-state index contributed by atoms with van der Waals surface area (Å²) in [6.45, 7) is -0.255. The lowest BCUT2D eigenvalue weighted by atomic mass is 10.1. The number of rotatable bonds is 8. The molecule has 7 heteroatoms. The minimum Gasteiger partial charge on any atom is -0.372 e. The smallest absolute Gasteiger partial charge is 0.372 e. The summed E-state index contributed by atoms with van der Waals surface area (Å²) in [5.41, 5.74) is 0.531. The van der Waals surface area contributed by atoms with E-state index >= 15 is 0 Å². The number of hydrogen-bond acceptors (Lipinski definition) is 2. The molecule has 0 bridgehead atoms. The van der Waals surface area contributed by atoms with Crippen molar-refractivity contribution in [2.45, 2.75) is 19.0 Å². The molecule has 1 aromatic rings. The fraction of sp³-hybridized carbons (Fsp3) is 0.538. The lowest BCUT2D eigenvalue weighted by Gasteiger charge is -2.08. The van der Waals surface area contributed by atoms with E-state index in [0.717, 1.165) is 6.07 Å². The zero-order valence-electron chi connectivity index (χ0n) is 10.8. The largest absolute Gasteiger partial charge is 0.411 e. The van der Waals surface area contributed by atoms with Gasteiger partial charge in [-0.2, -0.15) is 13.2 Å². The number of alkyl halides is 3. The summed E-state index contributed by atoms with van der Waals surface area (Å²) in [5, 5.41) is 2.96. The van der Waals surface area contributed by atoms with Crippen LogP contribution in [-0.4, -0.2) is 32.5 Å². The molecular formula is C13H16F5NO. The number of nitrogens with one attached hydrogen (secondary N) is 1. The predicted octanol–water partition coefficient (Wildman–Crippen LogP) is 3.07. The highest BCUT2D eigenvalue weighted by Gasteiger charge is 2.27. The molecule has 0 heterocycles. The summed E-state index contributed by atoms with van der Waals surface area (Å²) >= 11 is 0. The third-order valence-corrected chi connectivity index (χ3v) is 2.42. The van der Waals surface area contributed by atoms with Gasteiger partial charge in [-0.15, -0.1) is 0 Å². The normalized spacial score (nSPS) is 11.8. The van der Waals surface area contributed by atoms with Crippen molar-refractivity contribution >= 4 is 0 Å². The Balaban J connectivity index is 2.05. The first-order chi connectivity index (χ1) is 9.37. The zero-order chi connectivity index (χ0) is 15.0. The van der Waals surface area contributed by atoms with E-state index < -0.39 is 24.4 Å². The zero-order valence-corrected chi connectivity index (χ0v) is 10.8. The van der Waals surface area contributed by atoms with Crippen LogP contribution >= 0.6 is 0 Å². The van der Waals surface area contributed by atoms with Crippen molar-refractivity contribution in [1.29, 1.82) is 0 Å². The first-order valence-electron chi connectivity index (χ1n) is 6.17. The molecule has 0 amide bonds. The van der Waals surface area contributed by atoms with Gasteiger partial charge in [-0.25, -0.2) is 8.78 Å². The van der Waals surface area contributed by atoms with E-state index in [1.54, 1.807) is 0 Å². The monoisotopic (exact) mass is 297 g/mol. The van der Waals surface area contributed by atoms with Crippen LogP contribution in [0.15, 0.2) is 18.2 Å². The van der Waals surface area contributed by atoms with Crippen LogP contribution in [0.5, 0.6) is 0 Å². The van der Waals surface area contributed by atoms with E-state index in [9.17, 15) is 22.0 Å². The number of benzene rings is 1. The van der Waals surface area contributed by atoms with Gasteiger partial charge in [-0.1, -0.05) is 0 Å². The average molecular weight is 297 g/mol. The highest BCUT2D eigenvalue weighted by atomic mass is 19.4. The molecule has 0 aromatic heterocycles. The molecule has 0 saturated heterocycles. The maximum Gasteiger partial charge on any atom is 0.411 e. The average Bonchev–Trinajstić information content (AvgIpc) is 2.30. The van der Waals surface area contributed by atoms with Gasteiger partial charge in [0.05, 0.1) is 0 Å². The third kappa shape index (κ3) is 8.06. The van der Waals surface area contributed by atoms with E-state index in [1.165, 1.54) is 12.1 Å². The minimum atomic E-state index is -4.30. The molecule has 0 atom stereocenters. The van der Waals surface area contributed by atoms with Gasteiger partial charge < -0.3 is 10.1 Å². The molecule has 114 valence electrons.